The minimum Gasteiger partial charge on any atom is -0.364 e. The lowest BCUT2D eigenvalue weighted by atomic mass is 10.4. The normalized spacial score (nSPS) is 10.8. The predicted octanol–water partition coefficient (Wildman–Crippen LogP) is 0.673. The van der Waals surface area contributed by atoms with Gasteiger partial charge in [0.1, 0.15) is 0 Å². The van der Waals surface area contributed by atoms with Crippen LogP contribution >= 0.6 is 0 Å². The van der Waals surface area contributed by atoms with Gasteiger partial charge in [-0.3, -0.25) is 4.79 Å². The first-order valence-corrected chi connectivity index (χ1v) is 5.67. The van der Waals surface area contributed by atoms with Crippen LogP contribution in [0.1, 0.15) is 20.8 Å². The van der Waals surface area contributed by atoms with Gasteiger partial charge in [0.15, 0.2) is 5.82 Å². The lowest BCUT2D eigenvalue weighted by molar-refractivity contribution is 0.601. The Labute approximate surface area is 95.9 Å². The maximum absolute atomic E-state index is 11.7. The van der Waals surface area contributed by atoms with E-state index in [0.717, 1.165) is 6.54 Å². The highest BCUT2D eigenvalue weighted by atomic mass is 16.1. The van der Waals surface area contributed by atoms with Crippen LogP contribution in [0.15, 0.2) is 17.2 Å². The number of rotatable bonds is 6. The zero-order valence-corrected chi connectivity index (χ0v) is 10.2. The second kappa shape index (κ2) is 6.27. The van der Waals surface area contributed by atoms with Crippen molar-refractivity contribution in [1.82, 2.24) is 14.9 Å². The van der Waals surface area contributed by atoms with E-state index in [2.05, 4.69) is 29.5 Å². The summed E-state index contributed by atoms with van der Waals surface area (Å²) >= 11 is 0. The molecule has 2 N–H and O–H groups in total. The van der Waals surface area contributed by atoms with Gasteiger partial charge in [0.25, 0.3) is 5.56 Å². The highest BCUT2D eigenvalue weighted by Crippen LogP contribution is 1.91. The molecule has 0 saturated heterocycles. The topological polar surface area (TPSA) is 59.0 Å². The molecule has 0 bridgehead atoms. The molecule has 0 saturated carbocycles. The van der Waals surface area contributed by atoms with E-state index in [1.165, 1.54) is 0 Å². The van der Waals surface area contributed by atoms with Crippen LogP contribution < -0.4 is 16.2 Å². The van der Waals surface area contributed by atoms with Gasteiger partial charge in [-0.2, -0.15) is 0 Å². The zero-order chi connectivity index (χ0) is 12.0. The molecule has 0 unspecified atom stereocenters. The van der Waals surface area contributed by atoms with Crippen LogP contribution in [0.5, 0.6) is 0 Å². The molecule has 0 aliphatic carbocycles. The maximum atomic E-state index is 11.7. The molecular formula is C11H20N4O. The highest BCUT2D eigenvalue weighted by Gasteiger charge is 2.02. The summed E-state index contributed by atoms with van der Waals surface area (Å²) in [6, 6.07) is 0.456. The quantitative estimate of drug-likeness (QED) is 0.697. The SMILES string of the molecule is CCn1ccnc(NCCNC(C)C)c1=O. The van der Waals surface area contributed by atoms with Crippen molar-refractivity contribution in [3.63, 3.8) is 0 Å². The number of aryl methyl sites for hydroxylation is 1. The van der Waals surface area contributed by atoms with Crippen LogP contribution in [0.25, 0.3) is 0 Å². The van der Waals surface area contributed by atoms with Crippen molar-refractivity contribution in [2.45, 2.75) is 33.4 Å². The Hall–Kier alpha value is -1.36. The molecule has 5 heteroatoms. The summed E-state index contributed by atoms with van der Waals surface area (Å²) in [6.45, 7) is 8.30. The Morgan fingerprint density at radius 3 is 2.81 bits per heavy atom. The van der Waals surface area contributed by atoms with Gasteiger partial charge >= 0.3 is 0 Å². The maximum Gasteiger partial charge on any atom is 0.293 e. The Kier molecular flexibility index (Phi) is 4.98. The molecule has 90 valence electrons. The molecule has 1 rings (SSSR count). The van der Waals surface area contributed by atoms with Gasteiger partial charge < -0.3 is 15.2 Å². The summed E-state index contributed by atoms with van der Waals surface area (Å²) in [6.07, 6.45) is 3.34. The number of anilines is 1. The summed E-state index contributed by atoms with van der Waals surface area (Å²) in [7, 11) is 0. The third-order valence-electron chi connectivity index (χ3n) is 2.22. The van der Waals surface area contributed by atoms with E-state index in [9.17, 15) is 4.79 Å². The van der Waals surface area contributed by atoms with Gasteiger partial charge in [0.2, 0.25) is 0 Å². The Bertz CT molecular complexity index is 372. The van der Waals surface area contributed by atoms with Gasteiger partial charge in [-0.25, -0.2) is 4.98 Å². The Balaban J connectivity index is 2.51. The molecule has 0 fully saturated rings. The summed E-state index contributed by atoms with van der Waals surface area (Å²) < 4.78 is 1.63. The average Bonchev–Trinajstić information content (AvgIpc) is 2.26. The smallest absolute Gasteiger partial charge is 0.293 e. The molecule has 1 aromatic rings. The number of nitrogens with zero attached hydrogens (tertiary/aromatic N) is 2. The average molecular weight is 224 g/mol. The fourth-order valence-electron chi connectivity index (χ4n) is 1.36. The van der Waals surface area contributed by atoms with E-state index in [4.69, 9.17) is 0 Å². The van der Waals surface area contributed by atoms with Crippen LogP contribution in [0, 0.1) is 0 Å². The summed E-state index contributed by atoms with van der Waals surface area (Å²) in [5, 5.41) is 6.30. The molecule has 0 radical (unpaired) electrons. The minimum atomic E-state index is -0.0606. The van der Waals surface area contributed by atoms with Crippen LogP contribution in [0.4, 0.5) is 5.82 Å². The third-order valence-corrected chi connectivity index (χ3v) is 2.22. The highest BCUT2D eigenvalue weighted by molar-refractivity contribution is 5.30. The Morgan fingerprint density at radius 2 is 2.19 bits per heavy atom. The number of hydrogen-bond acceptors (Lipinski definition) is 4. The predicted molar refractivity (Wildman–Crippen MR) is 65.8 cm³/mol. The van der Waals surface area contributed by atoms with E-state index in [1.54, 1.807) is 17.0 Å². The van der Waals surface area contributed by atoms with Crippen LogP contribution in [0.3, 0.4) is 0 Å². The molecule has 5 nitrogen and oxygen atoms in total. The Morgan fingerprint density at radius 1 is 1.44 bits per heavy atom. The lowest BCUT2D eigenvalue weighted by Crippen LogP contribution is -2.31. The molecule has 16 heavy (non-hydrogen) atoms. The van der Waals surface area contributed by atoms with Crippen molar-refractivity contribution >= 4 is 5.82 Å². The van der Waals surface area contributed by atoms with Crippen molar-refractivity contribution in [1.29, 1.82) is 0 Å². The summed E-state index contributed by atoms with van der Waals surface area (Å²) in [4.78, 5) is 15.8. The third kappa shape index (κ3) is 3.66. The first-order valence-electron chi connectivity index (χ1n) is 5.67. The summed E-state index contributed by atoms with van der Waals surface area (Å²) in [5.74, 6) is 0.426. The summed E-state index contributed by atoms with van der Waals surface area (Å²) in [5.41, 5.74) is -0.0606. The first kappa shape index (κ1) is 12.7. The number of nitrogens with one attached hydrogen (secondary N) is 2. The molecule has 1 heterocycles. The second-order valence-electron chi connectivity index (χ2n) is 3.90. The molecular weight excluding hydrogens is 204 g/mol. The van der Waals surface area contributed by atoms with E-state index < -0.39 is 0 Å². The van der Waals surface area contributed by atoms with Crippen LogP contribution in [-0.4, -0.2) is 28.7 Å². The number of aromatic nitrogens is 2. The largest absolute Gasteiger partial charge is 0.364 e. The lowest BCUT2D eigenvalue weighted by Gasteiger charge is -2.09. The fraction of sp³-hybridized carbons (Fsp3) is 0.636. The minimum absolute atomic E-state index is 0.0606. The molecule has 0 atom stereocenters. The van der Waals surface area contributed by atoms with Crippen molar-refractivity contribution in [3.05, 3.63) is 22.7 Å². The standard InChI is InChI=1S/C11H20N4O/c1-4-15-8-7-14-10(11(15)16)13-6-5-12-9(2)3/h7-9,12H,4-6H2,1-3H3,(H,13,14). The molecule has 0 aliphatic heterocycles. The molecule has 0 spiro atoms. The van der Waals surface area contributed by atoms with E-state index >= 15 is 0 Å². The second-order valence-corrected chi connectivity index (χ2v) is 3.90. The van der Waals surface area contributed by atoms with E-state index in [1.807, 2.05) is 6.92 Å². The van der Waals surface area contributed by atoms with Gasteiger partial charge in [0, 0.05) is 38.1 Å². The van der Waals surface area contributed by atoms with Crippen molar-refractivity contribution < 1.29 is 0 Å². The van der Waals surface area contributed by atoms with Gasteiger partial charge in [0.05, 0.1) is 0 Å². The fourth-order valence-corrected chi connectivity index (χ4v) is 1.36. The van der Waals surface area contributed by atoms with Crippen LogP contribution in [0.2, 0.25) is 0 Å². The van der Waals surface area contributed by atoms with Crippen molar-refractivity contribution in [2.24, 2.45) is 0 Å². The van der Waals surface area contributed by atoms with Gasteiger partial charge in [-0.1, -0.05) is 13.8 Å². The van der Waals surface area contributed by atoms with E-state index in [-0.39, 0.29) is 5.56 Å². The molecule has 1 aromatic heterocycles. The van der Waals surface area contributed by atoms with Crippen LogP contribution in [-0.2, 0) is 6.54 Å². The first-order chi connectivity index (χ1) is 7.65. The van der Waals surface area contributed by atoms with Gasteiger partial charge in [-0.15, -0.1) is 0 Å². The van der Waals surface area contributed by atoms with Gasteiger partial charge in [-0.05, 0) is 6.92 Å². The monoisotopic (exact) mass is 224 g/mol. The van der Waals surface area contributed by atoms with Crippen molar-refractivity contribution in [3.8, 4) is 0 Å². The molecule has 0 aromatic carbocycles. The number of hydrogen-bond donors (Lipinski definition) is 2. The zero-order valence-electron chi connectivity index (χ0n) is 10.2. The molecule has 0 aliphatic rings. The van der Waals surface area contributed by atoms with Crippen molar-refractivity contribution in [2.75, 3.05) is 18.4 Å². The van der Waals surface area contributed by atoms with E-state index in [0.29, 0.717) is 24.9 Å². The molecule has 0 amide bonds.